The molecule has 0 spiro atoms. The molecular weight excluding hydrogens is 308 g/mol. The summed E-state index contributed by atoms with van der Waals surface area (Å²) in [5, 5.41) is 11.9. The van der Waals surface area contributed by atoms with E-state index in [0.717, 1.165) is 25.8 Å². The number of benzene rings is 1. The van der Waals surface area contributed by atoms with Gasteiger partial charge >= 0.3 is 0 Å². The number of rotatable bonds is 7. The van der Waals surface area contributed by atoms with Crippen LogP contribution in [0.1, 0.15) is 39.0 Å². The van der Waals surface area contributed by atoms with Gasteiger partial charge in [-0.05, 0) is 37.8 Å². The van der Waals surface area contributed by atoms with E-state index >= 15 is 0 Å². The Bertz CT molecular complexity index is 560. The first-order valence-electron chi connectivity index (χ1n) is 8.57. The number of aliphatic hydroxyl groups excluding tert-OH is 1. The van der Waals surface area contributed by atoms with E-state index in [1.807, 2.05) is 4.90 Å². The van der Waals surface area contributed by atoms with Gasteiger partial charge in [0.25, 0.3) is 5.91 Å². The minimum Gasteiger partial charge on any atom is -0.484 e. The van der Waals surface area contributed by atoms with Gasteiger partial charge in [0.2, 0.25) is 5.91 Å². The number of anilines is 1. The van der Waals surface area contributed by atoms with Gasteiger partial charge in [-0.1, -0.05) is 13.0 Å². The molecule has 2 amide bonds. The molecule has 132 valence electrons. The molecule has 1 aromatic rings. The molecule has 0 aliphatic carbocycles. The van der Waals surface area contributed by atoms with E-state index in [-0.39, 0.29) is 31.1 Å². The van der Waals surface area contributed by atoms with E-state index in [0.29, 0.717) is 24.3 Å². The maximum atomic E-state index is 12.4. The van der Waals surface area contributed by atoms with E-state index in [1.165, 1.54) is 0 Å². The average Bonchev–Trinajstić information content (AvgIpc) is 2.60. The van der Waals surface area contributed by atoms with E-state index < -0.39 is 0 Å². The zero-order chi connectivity index (χ0) is 17.4. The third kappa shape index (κ3) is 5.23. The van der Waals surface area contributed by atoms with Crippen LogP contribution in [0.2, 0.25) is 0 Å². The number of amides is 2. The van der Waals surface area contributed by atoms with Crippen molar-refractivity contribution in [3.8, 4) is 5.75 Å². The first kappa shape index (κ1) is 18.3. The maximum Gasteiger partial charge on any atom is 0.260 e. The normalized spacial score (nSPS) is 17.4. The third-order valence-electron chi connectivity index (χ3n) is 4.21. The summed E-state index contributed by atoms with van der Waals surface area (Å²) < 4.78 is 5.60. The molecule has 6 nitrogen and oxygen atoms in total. The molecule has 0 aromatic heterocycles. The van der Waals surface area contributed by atoms with Crippen LogP contribution in [-0.2, 0) is 9.59 Å². The fourth-order valence-corrected chi connectivity index (χ4v) is 2.92. The van der Waals surface area contributed by atoms with Gasteiger partial charge in [0.1, 0.15) is 5.75 Å². The molecule has 0 bridgehead atoms. The summed E-state index contributed by atoms with van der Waals surface area (Å²) in [5.41, 5.74) is 0.655. The Labute approximate surface area is 142 Å². The van der Waals surface area contributed by atoms with Crippen molar-refractivity contribution in [2.24, 2.45) is 0 Å². The van der Waals surface area contributed by atoms with E-state index in [4.69, 9.17) is 9.84 Å². The summed E-state index contributed by atoms with van der Waals surface area (Å²) in [6.07, 6.45) is 4.04. The molecular formula is C18H26N2O4. The molecule has 24 heavy (non-hydrogen) atoms. The molecule has 1 aliphatic rings. The Morgan fingerprint density at radius 2 is 2.21 bits per heavy atom. The summed E-state index contributed by atoms with van der Waals surface area (Å²) in [4.78, 5) is 25.7. The highest BCUT2D eigenvalue weighted by Gasteiger charge is 2.26. The second kappa shape index (κ2) is 9.27. The SMILES string of the molecule is CCC(=O)Nc1cccc(OCC(=O)N2CCCCC2CCO)c1. The van der Waals surface area contributed by atoms with Crippen LogP contribution in [0.25, 0.3) is 0 Å². The highest BCUT2D eigenvalue weighted by Crippen LogP contribution is 2.21. The lowest BCUT2D eigenvalue weighted by Crippen LogP contribution is -2.46. The van der Waals surface area contributed by atoms with Gasteiger partial charge in [0.05, 0.1) is 0 Å². The zero-order valence-corrected chi connectivity index (χ0v) is 14.2. The van der Waals surface area contributed by atoms with Gasteiger partial charge in [-0.25, -0.2) is 0 Å². The smallest absolute Gasteiger partial charge is 0.260 e. The number of ether oxygens (including phenoxy) is 1. The first-order chi connectivity index (χ1) is 11.6. The lowest BCUT2D eigenvalue weighted by Gasteiger charge is -2.35. The van der Waals surface area contributed by atoms with Crippen molar-refractivity contribution in [1.82, 2.24) is 4.90 Å². The lowest BCUT2D eigenvalue weighted by molar-refractivity contribution is -0.137. The number of carbonyl (C=O) groups is 2. The number of hydrogen-bond donors (Lipinski definition) is 2. The minimum atomic E-state index is -0.0663. The Kier molecular flexibility index (Phi) is 7.06. The van der Waals surface area contributed by atoms with Gasteiger partial charge in [-0.2, -0.15) is 0 Å². The van der Waals surface area contributed by atoms with E-state index in [2.05, 4.69) is 5.32 Å². The number of piperidine rings is 1. The van der Waals surface area contributed by atoms with Crippen molar-refractivity contribution >= 4 is 17.5 Å². The van der Waals surface area contributed by atoms with Crippen LogP contribution in [-0.4, -0.2) is 47.6 Å². The highest BCUT2D eigenvalue weighted by atomic mass is 16.5. The van der Waals surface area contributed by atoms with Crippen molar-refractivity contribution in [3.05, 3.63) is 24.3 Å². The highest BCUT2D eigenvalue weighted by molar-refractivity contribution is 5.90. The van der Waals surface area contributed by atoms with Crippen molar-refractivity contribution in [2.45, 2.75) is 45.1 Å². The number of hydrogen-bond acceptors (Lipinski definition) is 4. The van der Waals surface area contributed by atoms with Crippen LogP contribution in [0.5, 0.6) is 5.75 Å². The summed E-state index contributed by atoms with van der Waals surface area (Å²) in [6.45, 7) is 2.57. The number of aliphatic hydroxyl groups is 1. The zero-order valence-electron chi connectivity index (χ0n) is 14.2. The Balaban J connectivity index is 1.91. The van der Waals surface area contributed by atoms with Crippen LogP contribution in [0, 0.1) is 0 Å². The van der Waals surface area contributed by atoms with Gasteiger partial charge < -0.3 is 20.1 Å². The second-order valence-electron chi connectivity index (χ2n) is 5.97. The maximum absolute atomic E-state index is 12.4. The van der Waals surface area contributed by atoms with Gasteiger partial charge in [0.15, 0.2) is 6.61 Å². The Hall–Kier alpha value is -2.08. The number of carbonyl (C=O) groups excluding carboxylic acids is 2. The molecule has 1 unspecified atom stereocenters. The number of likely N-dealkylation sites (tertiary alicyclic amines) is 1. The number of nitrogens with zero attached hydrogens (tertiary/aromatic N) is 1. The lowest BCUT2D eigenvalue weighted by atomic mass is 9.99. The fourth-order valence-electron chi connectivity index (χ4n) is 2.92. The molecule has 2 rings (SSSR count). The number of nitrogens with one attached hydrogen (secondary N) is 1. The fraction of sp³-hybridized carbons (Fsp3) is 0.556. The molecule has 1 aromatic carbocycles. The minimum absolute atomic E-state index is 0.0346. The van der Waals surface area contributed by atoms with Crippen molar-refractivity contribution in [3.63, 3.8) is 0 Å². The molecule has 0 radical (unpaired) electrons. The van der Waals surface area contributed by atoms with Crippen molar-refractivity contribution in [2.75, 3.05) is 25.1 Å². The average molecular weight is 334 g/mol. The monoisotopic (exact) mass is 334 g/mol. The molecule has 0 saturated carbocycles. The molecule has 1 fully saturated rings. The largest absolute Gasteiger partial charge is 0.484 e. The van der Waals surface area contributed by atoms with Gasteiger partial charge in [-0.3, -0.25) is 9.59 Å². The van der Waals surface area contributed by atoms with Crippen LogP contribution in [0.4, 0.5) is 5.69 Å². The molecule has 1 saturated heterocycles. The first-order valence-corrected chi connectivity index (χ1v) is 8.57. The summed E-state index contributed by atoms with van der Waals surface area (Å²) in [5.74, 6) is 0.424. The Morgan fingerprint density at radius 3 is 2.96 bits per heavy atom. The Morgan fingerprint density at radius 1 is 1.38 bits per heavy atom. The predicted molar refractivity (Wildman–Crippen MR) is 91.9 cm³/mol. The topological polar surface area (TPSA) is 78.9 Å². The van der Waals surface area contributed by atoms with Crippen LogP contribution < -0.4 is 10.1 Å². The van der Waals surface area contributed by atoms with E-state index in [9.17, 15) is 9.59 Å². The second-order valence-corrected chi connectivity index (χ2v) is 5.97. The molecule has 2 N–H and O–H groups in total. The van der Waals surface area contributed by atoms with Crippen LogP contribution >= 0.6 is 0 Å². The molecule has 1 aliphatic heterocycles. The molecule has 6 heteroatoms. The van der Waals surface area contributed by atoms with Crippen LogP contribution in [0.3, 0.4) is 0 Å². The van der Waals surface area contributed by atoms with E-state index in [1.54, 1.807) is 31.2 Å². The van der Waals surface area contributed by atoms with Crippen LogP contribution in [0.15, 0.2) is 24.3 Å². The van der Waals surface area contributed by atoms with Gasteiger partial charge in [-0.15, -0.1) is 0 Å². The standard InChI is InChI=1S/C18H26N2O4/c1-2-17(22)19-14-6-5-8-16(12-14)24-13-18(23)20-10-4-3-7-15(20)9-11-21/h5-6,8,12,15,21H,2-4,7,9-11,13H2,1H3,(H,19,22). The molecule has 1 heterocycles. The quantitative estimate of drug-likeness (QED) is 0.801. The third-order valence-corrected chi connectivity index (χ3v) is 4.21. The van der Waals surface area contributed by atoms with Crippen molar-refractivity contribution < 1.29 is 19.4 Å². The summed E-state index contributed by atoms with van der Waals surface area (Å²) in [6, 6.07) is 7.14. The van der Waals surface area contributed by atoms with Gasteiger partial charge in [0, 0.05) is 37.4 Å². The summed E-state index contributed by atoms with van der Waals surface area (Å²) in [7, 11) is 0. The van der Waals surface area contributed by atoms with Crippen molar-refractivity contribution in [1.29, 1.82) is 0 Å². The predicted octanol–water partition coefficient (Wildman–Crippen LogP) is 2.18. The molecule has 1 atom stereocenters. The summed E-state index contributed by atoms with van der Waals surface area (Å²) >= 11 is 0.